The van der Waals surface area contributed by atoms with Crippen molar-refractivity contribution in [3.05, 3.63) is 70.3 Å². The maximum Gasteiger partial charge on any atom is 0.407 e. The predicted octanol–water partition coefficient (Wildman–Crippen LogP) is 2.92. The summed E-state index contributed by atoms with van der Waals surface area (Å²) in [4.78, 5) is 21.9. The summed E-state index contributed by atoms with van der Waals surface area (Å²) in [6.07, 6.45) is -0.520. The monoisotopic (exact) mass is 360 g/mol. The second kappa shape index (κ2) is 10.7. The summed E-state index contributed by atoms with van der Waals surface area (Å²) >= 11 is 0. The van der Waals surface area contributed by atoms with Crippen molar-refractivity contribution in [3.63, 3.8) is 0 Å². The Morgan fingerprint density at radius 1 is 1.00 bits per heavy atom. The van der Waals surface area contributed by atoms with E-state index in [2.05, 4.69) is 5.32 Å². The van der Waals surface area contributed by atoms with Crippen LogP contribution in [0.3, 0.4) is 0 Å². The van der Waals surface area contributed by atoms with E-state index in [1.807, 2.05) is 30.3 Å². The summed E-state index contributed by atoms with van der Waals surface area (Å²) in [6.45, 7) is 1.19. The lowest BCUT2D eigenvalue weighted by atomic mass is 10.2. The van der Waals surface area contributed by atoms with Crippen molar-refractivity contribution in [1.29, 1.82) is 0 Å². The molecule has 2 aromatic carbocycles. The summed E-state index contributed by atoms with van der Waals surface area (Å²) in [7, 11) is 0. The number of carbonyl (C=O) groups is 1. The topological polar surface area (TPSA) is 99.9 Å². The number of nitrogens with zero attached hydrogens (tertiary/aromatic N) is 1. The maximum absolute atomic E-state index is 11.5. The van der Waals surface area contributed by atoms with E-state index < -0.39 is 11.0 Å². The van der Waals surface area contributed by atoms with Gasteiger partial charge < -0.3 is 19.5 Å². The van der Waals surface area contributed by atoms with Crippen LogP contribution in [-0.2, 0) is 16.1 Å². The van der Waals surface area contributed by atoms with Gasteiger partial charge >= 0.3 is 11.8 Å². The molecule has 1 amide bonds. The number of alkyl carbamates (subject to hydrolysis) is 1. The van der Waals surface area contributed by atoms with Crippen molar-refractivity contribution >= 4 is 11.8 Å². The third-order valence-corrected chi connectivity index (χ3v) is 3.28. The number of nitrogens with one attached hydrogen (secondary N) is 1. The largest absolute Gasteiger partial charge is 0.484 e. The molecule has 1 N–H and O–H groups in total. The molecule has 0 aromatic heterocycles. The molecule has 2 aromatic rings. The van der Waals surface area contributed by atoms with E-state index in [1.54, 1.807) is 12.1 Å². The minimum Gasteiger partial charge on any atom is -0.484 e. The number of rotatable bonds is 10. The molecule has 0 radical (unpaired) electrons. The molecule has 8 nitrogen and oxygen atoms in total. The van der Waals surface area contributed by atoms with Gasteiger partial charge in [0, 0.05) is 12.6 Å². The number of hydrogen-bond donors (Lipinski definition) is 1. The average molecular weight is 360 g/mol. The van der Waals surface area contributed by atoms with Gasteiger partial charge in [0.2, 0.25) is 0 Å². The first kappa shape index (κ1) is 19.2. The Balaban J connectivity index is 1.53. The maximum atomic E-state index is 11.5. The van der Waals surface area contributed by atoms with Crippen LogP contribution >= 0.6 is 0 Å². The molecule has 0 bridgehead atoms. The number of para-hydroxylation sites is 2. The van der Waals surface area contributed by atoms with Crippen molar-refractivity contribution in [3.8, 4) is 5.75 Å². The highest BCUT2D eigenvalue weighted by molar-refractivity contribution is 5.67. The number of carbonyl (C=O) groups excluding carboxylic acids is 1. The summed E-state index contributed by atoms with van der Waals surface area (Å²) in [6, 6.07) is 15.5. The Kier molecular flexibility index (Phi) is 7.88. The normalized spacial score (nSPS) is 10.2. The fourth-order valence-electron chi connectivity index (χ4n) is 2.04. The van der Waals surface area contributed by atoms with E-state index >= 15 is 0 Å². The Morgan fingerprint density at radius 3 is 2.50 bits per heavy atom. The van der Waals surface area contributed by atoms with Crippen LogP contribution in [-0.4, -0.2) is 37.4 Å². The molecule has 2 rings (SSSR count). The van der Waals surface area contributed by atoms with Gasteiger partial charge in [0.05, 0.1) is 18.1 Å². The second-order valence-electron chi connectivity index (χ2n) is 5.17. The Morgan fingerprint density at radius 2 is 1.73 bits per heavy atom. The van der Waals surface area contributed by atoms with Crippen LogP contribution in [0, 0.1) is 10.1 Å². The van der Waals surface area contributed by atoms with Crippen LogP contribution in [0.2, 0.25) is 0 Å². The molecule has 8 heteroatoms. The minimum atomic E-state index is -0.520. The molecule has 0 aliphatic heterocycles. The third kappa shape index (κ3) is 6.78. The fraction of sp³-hybridized carbons (Fsp3) is 0.278. The first-order chi connectivity index (χ1) is 12.7. The molecule has 0 unspecified atom stereocenters. The van der Waals surface area contributed by atoms with Gasteiger partial charge in [-0.15, -0.1) is 0 Å². The van der Waals surface area contributed by atoms with Crippen LogP contribution in [0.25, 0.3) is 0 Å². The van der Waals surface area contributed by atoms with Gasteiger partial charge in [-0.1, -0.05) is 42.5 Å². The Labute approximate surface area is 150 Å². The highest BCUT2D eigenvalue weighted by atomic mass is 16.6. The number of ether oxygens (including phenoxy) is 3. The van der Waals surface area contributed by atoms with Crippen molar-refractivity contribution in [2.75, 3.05) is 26.4 Å². The van der Waals surface area contributed by atoms with E-state index in [0.717, 1.165) is 5.56 Å². The van der Waals surface area contributed by atoms with E-state index in [9.17, 15) is 14.9 Å². The quantitative estimate of drug-likeness (QED) is 0.397. The van der Waals surface area contributed by atoms with E-state index in [-0.39, 0.29) is 37.9 Å². The second-order valence-corrected chi connectivity index (χ2v) is 5.17. The van der Waals surface area contributed by atoms with Gasteiger partial charge in [0.25, 0.3) is 0 Å². The molecule has 0 aliphatic rings. The van der Waals surface area contributed by atoms with Crippen LogP contribution in [0.4, 0.5) is 10.5 Å². The van der Waals surface area contributed by atoms with Crippen LogP contribution in [0.15, 0.2) is 54.6 Å². The first-order valence-electron chi connectivity index (χ1n) is 8.05. The average Bonchev–Trinajstić information content (AvgIpc) is 2.66. The molecule has 0 atom stereocenters. The molecule has 26 heavy (non-hydrogen) atoms. The molecule has 0 aliphatic carbocycles. The van der Waals surface area contributed by atoms with Crippen molar-refractivity contribution < 1.29 is 23.9 Å². The molecule has 138 valence electrons. The molecule has 0 heterocycles. The van der Waals surface area contributed by atoms with Gasteiger partial charge in [0.1, 0.15) is 13.2 Å². The minimum absolute atomic E-state index is 0.0877. The van der Waals surface area contributed by atoms with Crippen molar-refractivity contribution in [2.24, 2.45) is 0 Å². The van der Waals surface area contributed by atoms with Crippen LogP contribution in [0.1, 0.15) is 5.56 Å². The first-order valence-corrected chi connectivity index (χ1v) is 8.05. The SMILES string of the molecule is O=C(NCCOCCOc1ccccc1[N+](=O)[O-])OCc1ccccc1. The lowest BCUT2D eigenvalue weighted by molar-refractivity contribution is -0.385. The predicted molar refractivity (Wildman–Crippen MR) is 94.0 cm³/mol. The van der Waals surface area contributed by atoms with Gasteiger partial charge in [-0.05, 0) is 11.6 Å². The highest BCUT2D eigenvalue weighted by Gasteiger charge is 2.13. The number of benzene rings is 2. The molecule has 0 fully saturated rings. The smallest absolute Gasteiger partial charge is 0.407 e. The van der Waals surface area contributed by atoms with Crippen LogP contribution < -0.4 is 10.1 Å². The fourth-order valence-corrected chi connectivity index (χ4v) is 2.04. The van der Waals surface area contributed by atoms with Gasteiger partial charge in [-0.3, -0.25) is 10.1 Å². The molecular formula is C18H20N2O6. The van der Waals surface area contributed by atoms with Gasteiger partial charge in [-0.2, -0.15) is 0 Å². The highest BCUT2D eigenvalue weighted by Crippen LogP contribution is 2.25. The zero-order valence-corrected chi connectivity index (χ0v) is 14.1. The number of amides is 1. The molecule has 0 saturated heterocycles. The van der Waals surface area contributed by atoms with E-state index in [1.165, 1.54) is 12.1 Å². The zero-order valence-electron chi connectivity index (χ0n) is 14.1. The van der Waals surface area contributed by atoms with Gasteiger partial charge in [0.15, 0.2) is 5.75 Å². The molecular weight excluding hydrogens is 340 g/mol. The summed E-state index contributed by atoms with van der Waals surface area (Å²) < 4.78 is 15.7. The summed E-state index contributed by atoms with van der Waals surface area (Å²) in [5, 5.41) is 13.4. The molecule has 0 saturated carbocycles. The number of nitro benzene ring substituents is 1. The summed E-state index contributed by atoms with van der Waals surface area (Å²) in [5.74, 6) is 0.198. The lowest BCUT2D eigenvalue weighted by Gasteiger charge is -2.09. The van der Waals surface area contributed by atoms with Gasteiger partial charge in [-0.25, -0.2) is 4.79 Å². The summed E-state index contributed by atoms with van der Waals surface area (Å²) in [5.41, 5.74) is 0.821. The number of nitro groups is 1. The van der Waals surface area contributed by atoms with Crippen molar-refractivity contribution in [1.82, 2.24) is 5.32 Å². The number of hydrogen-bond acceptors (Lipinski definition) is 6. The molecule has 0 spiro atoms. The van der Waals surface area contributed by atoms with E-state index in [4.69, 9.17) is 14.2 Å². The van der Waals surface area contributed by atoms with Crippen LogP contribution in [0.5, 0.6) is 5.75 Å². The lowest BCUT2D eigenvalue weighted by Crippen LogP contribution is -2.28. The zero-order chi connectivity index (χ0) is 18.6. The van der Waals surface area contributed by atoms with Crippen molar-refractivity contribution in [2.45, 2.75) is 6.61 Å². The Bertz CT molecular complexity index is 708. The van der Waals surface area contributed by atoms with E-state index in [0.29, 0.717) is 6.54 Å². The third-order valence-electron chi connectivity index (χ3n) is 3.28. The standard InChI is InChI=1S/C18H20N2O6/c21-18(26-14-15-6-2-1-3-7-15)19-10-11-24-12-13-25-17-9-5-4-8-16(17)20(22)23/h1-9H,10-14H2,(H,19,21). The Hall–Kier alpha value is -3.13.